The highest BCUT2D eigenvalue weighted by Gasteiger charge is 2.04. The van der Waals surface area contributed by atoms with Crippen molar-refractivity contribution in [1.82, 2.24) is 0 Å². The zero-order chi connectivity index (χ0) is 8.72. The van der Waals surface area contributed by atoms with Crippen molar-refractivity contribution < 1.29 is 0 Å². The SMILES string of the molecule is Sc1cc2scc(Cl)c2cc1Br. The molecule has 0 amide bonds. The van der Waals surface area contributed by atoms with Crippen LogP contribution in [-0.2, 0) is 0 Å². The first-order chi connectivity index (χ1) is 5.68. The zero-order valence-electron chi connectivity index (χ0n) is 5.84. The van der Waals surface area contributed by atoms with E-state index in [2.05, 4.69) is 28.6 Å². The third-order valence-electron chi connectivity index (χ3n) is 1.60. The summed E-state index contributed by atoms with van der Waals surface area (Å²) in [6, 6.07) is 4.01. The van der Waals surface area contributed by atoms with Crippen molar-refractivity contribution in [3.8, 4) is 0 Å². The summed E-state index contributed by atoms with van der Waals surface area (Å²) in [4.78, 5) is 0.945. The molecule has 0 unspecified atom stereocenters. The van der Waals surface area contributed by atoms with Crippen molar-refractivity contribution in [1.29, 1.82) is 0 Å². The Labute approximate surface area is 93.1 Å². The second kappa shape index (κ2) is 3.22. The summed E-state index contributed by atoms with van der Waals surface area (Å²) in [5.74, 6) is 0. The summed E-state index contributed by atoms with van der Waals surface area (Å²) in [7, 11) is 0. The van der Waals surface area contributed by atoms with Crippen LogP contribution in [0.1, 0.15) is 0 Å². The number of fused-ring (bicyclic) bond motifs is 1. The Bertz CT molecular complexity index is 436. The van der Waals surface area contributed by atoms with Crippen LogP contribution < -0.4 is 0 Å². The predicted molar refractivity (Wildman–Crippen MR) is 61.8 cm³/mol. The van der Waals surface area contributed by atoms with E-state index < -0.39 is 0 Å². The van der Waals surface area contributed by atoms with Gasteiger partial charge in [-0.2, -0.15) is 0 Å². The fourth-order valence-electron chi connectivity index (χ4n) is 1.01. The molecule has 12 heavy (non-hydrogen) atoms. The van der Waals surface area contributed by atoms with Crippen LogP contribution in [0.3, 0.4) is 0 Å². The number of halogens is 2. The van der Waals surface area contributed by atoms with Crippen LogP contribution in [0.5, 0.6) is 0 Å². The number of hydrogen-bond acceptors (Lipinski definition) is 2. The second-order valence-electron chi connectivity index (χ2n) is 2.38. The highest BCUT2D eigenvalue weighted by Crippen LogP contribution is 2.35. The number of rotatable bonds is 0. The van der Waals surface area contributed by atoms with Crippen LogP contribution in [-0.4, -0.2) is 0 Å². The van der Waals surface area contributed by atoms with Gasteiger partial charge in [0, 0.05) is 24.8 Å². The second-order valence-corrected chi connectivity index (χ2v) is 5.04. The van der Waals surface area contributed by atoms with Crippen molar-refractivity contribution in [3.63, 3.8) is 0 Å². The topological polar surface area (TPSA) is 0 Å². The maximum Gasteiger partial charge on any atom is 0.0592 e. The van der Waals surface area contributed by atoms with Crippen LogP contribution in [0.4, 0.5) is 0 Å². The summed E-state index contributed by atoms with van der Waals surface area (Å²) in [5.41, 5.74) is 0. The average molecular weight is 280 g/mol. The van der Waals surface area contributed by atoms with Gasteiger partial charge in [-0.25, -0.2) is 0 Å². The largest absolute Gasteiger partial charge is 0.142 e. The van der Waals surface area contributed by atoms with E-state index in [0.717, 1.165) is 19.8 Å². The average Bonchev–Trinajstić information content (AvgIpc) is 2.35. The molecule has 0 fully saturated rings. The van der Waals surface area contributed by atoms with Gasteiger partial charge in [-0.05, 0) is 28.1 Å². The zero-order valence-corrected chi connectivity index (χ0v) is 9.90. The maximum absolute atomic E-state index is 5.96. The molecule has 0 spiro atoms. The van der Waals surface area contributed by atoms with E-state index in [9.17, 15) is 0 Å². The molecule has 1 heterocycles. The first kappa shape index (κ1) is 8.88. The lowest BCUT2D eigenvalue weighted by Gasteiger charge is -1.96. The van der Waals surface area contributed by atoms with E-state index >= 15 is 0 Å². The number of thiol groups is 1. The Morgan fingerprint density at radius 3 is 2.92 bits per heavy atom. The minimum absolute atomic E-state index is 0.809. The Balaban J connectivity index is 2.87. The number of hydrogen-bond donors (Lipinski definition) is 1. The monoisotopic (exact) mass is 278 g/mol. The maximum atomic E-state index is 5.96. The van der Waals surface area contributed by atoms with Crippen molar-refractivity contribution in [2.24, 2.45) is 0 Å². The molecular formula is C8H4BrClS2. The Hall–Kier alpha value is 0.300. The van der Waals surface area contributed by atoms with E-state index in [1.54, 1.807) is 11.3 Å². The summed E-state index contributed by atoms with van der Waals surface area (Å²) < 4.78 is 2.16. The molecule has 4 heteroatoms. The first-order valence-corrected chi connectivity index (χ1v) is 5.73. The minimum Gasteiger partial charge on any atom is -0.142 e. The smallest absolute Gasteiger partial charge is 0.0592 e. The van der Waals surface area contributed by atoms with E-state index in [1.807, 2.05) is 17.5 Å². The van der Waals surface area contributed by atoms with Gasteiger partial charge in [0.15, 0.2) is 0 Å². The minimum atomic E-state index is 0.809. The van der Waals surface area contributed by atoms with Gasteiger partial charge in [-0.15, -0.1) is 24.0 Å². The molecule has 0 bridgehead atoms. The molecule has 2 aromatic rings. The third-order valence-corrected chi connectivity index (χ3v) is 4.32. The van der Waals surface area contributed by atoms with Crippen molar-refractivity contribution in [3.05, 3.63) is 27.0 Å². The first-order valence-electron chi connectivity index (χ1n) is 3.23. The van der Waals surface area contributed by atoms with Gasteiger partial charge < -0.3 is 0 Å². The lowest BCUT2D eigenvalue weighted by Crippen LogP contribution is -1.69. The Morgan fingerprint density at radius 1 is 1.42 bits per heavy atom. The number of thiophene rings is 1. The molecule has 0 aliphatic rings. The van der Waals surface area contributed by atoms with Gasteiger partial charge in [-0.3, -0.25) is 0 Å². The van der Waals surface area contributed by atoms with E-state index in [1.165, 1.54) is 4.70 Å². The molecule has 0 nitrogen and oxygen atoms in total. The lowest BCUT2D eigenvalue weighted by atomic mass is 10.3. The van der Waals surface area contributed by atoms with Crippen LogP contribution in [0.25, 0.3) is 10.1 Å². The van der Waals surface area contributed by atoms with Gasteiger partial charge in [-0.1, -0.05) is 11.6 Å². The van der Waals surface area contributed by atoms with Gasteiger partial charge in [0.1, 0.15) is 0 Å². The molecule has 2 rings (SSSR count). The van der Waals surface area contributed by atoms with Crippen LogP contribution in [0.15, 0.2) is 26.9 Å². The lowest BCUT2D eigenvalue weighted by molar-refractivity contribution is 1.48. The Kier molecular flexibility index (Phi) is 2.38. The van der Waals surface area contributed by atoms with Gasteiger partial charge >= 0.3 is 0 Å². The third kappa shape index (κ3) is 1.39. The summed E-state index contributed by atoms with van der Waals surface area (Å²) in [6.07, 6.45) is 0. The van der Waals surface area contributed by atoms with Crippen LogP contribution in [0.2, 0.25) is 5.02 Å². The quantitative estimate of drug-likeness (QED) is 0.669. The highest BCUT2D eigenvalue weighted by atomic mass is 79.9. The molecule has 62 valence electrons. The molecule has 1 aromatic carbocycles. The standard InChI is InChI=1S/C8H4BrClS2/c9-5-1-4-6(10)3-12-8(4)2-7(5)11/h1-3,11H. The fraction of sp³-hybridized carbons (Fsp3) is 0. The molecule has 0 aliphatic heterocycles. The Morgan fingerprint density at radius 2 is 2.17 bits per heavy atom. The van der Waals surface area contributed by atoms with Crippen LogP contribution in [0, 0.1) is 0 Å². The molecule has 0 aliphatic carbocycles. The van der Waals surface area contributed by atoms with Crippen molar-refractivity contribution >= 4 is 61.6 Å². The molecule has 0 saturated carbocycles. The molecule has 0 radical (unpaired) electrons. The summed E-state index contributed by atoms with van der Waals surface area (Å²) in [5, 5.41) is 3.83. The van der Waals surface area contributed by atoms with Gasteiger partial charge in [0.05, 0.1) is 5.02 Å². The molecule has 0 N–H and O–H groups in total. The number of benzene rings is 1. The highest BCUT2D eigenvalue weighted by molar-refractivity contribution is 9.10. The van der Waals surface area contributed by atoms with Crippen molar-refractivity contribution in [2.45, 2.75) is 4.90 Å². The molecular weight excluding hydrogens is 276 g/mol. The van der Waals surface area contributed by atoms with Gasteiger partial charge in [0.2, 0.25) is 0 Å². The van der Waals surface area contributed by atoms with E-state index in [0.29, 0.717) is 0 Å². The summed E-state index contributed by atoms with van der Waals surface area (Å²) in [6.45, 7) is 0. The van der Waals surface area contributed by atoms with E-state index in [4.69, 9.17) is 11.6 Å². The van der Waals surface area contributed by atoms with Crippen molar-refractivity contribution in [2.75, 3.05) is 0 Å². The molecule has 1 aromatic heterocycles. The van der Waals surface area contributed by atoms with Gasteiger partial charge in [0.25, 0.3) is 0 Å². The molecule has 0 saturated heterocycles. The summed E-state index contributed by atoms with van der Waals surface area (Å²) >= 11 is 15.3. The van der Waals surface area contributed by atoms with E-state index in [-0.39, 0.29) is 0 Å². The fourth-order valence-corrected chi connectivity index (χ4v) is 2.82. The van der Waals surface area contributed by atoms with Crippen LogP contribution >= 0.6 is 51.5 Å². The normalized spacial score (nSPS) is 10.9. The predicted octanol–water partition coefficient (Wildman–Crippen LogP) is 4.61. The molecule has 0 atom stereocenters.